The van der Waals surface area contributed by atoms with Gasteiger partial charge >= 0.3 is 5.97 Å². The molecule has 0 bridgehead atoms. The number of carboxylic acid groups (broad SMARTS) is 1. The maximum absolute atomic E-state index is 12.4. The minimum absolute atomic E-state index is 0.212. The van der Waals surface area contributed by atoms with Crippen molar-refractivity contribution in [3.8, 4) is 11.4 Å². The van der Waals surface area contributed by atoms with Crippen LogP contribution in [-0.2, 0) is 9.59 Å². The van der Waals surface area contributed by atoms with Gasteiger partial charge in [0, 0.05) is 36.8 Å². The lowest BCUT2D eigenvalue weighted by atomic mass is 10.0. The Bertz CT molecular complexity index is 1110. The monoisotopic (exact) mass is 454 g/mol. The number of nitrogens with one attached hydrogen (secondary N) is 4. The number of carbonyl (C=O) groups excluding carboxylic acids is 2. The lowest BCUT2D eigenvalue weighted by molar-refractivity contribution is -0.125. The number of amides is 2. The zero-order valence-electron chi connectivity index (χ0n) is 18.5. The molecule has 174 valence electrons. The van der Waals surface area contributed by atoms with Crippen LogP contribution in [0.5, 0.6) is 0 Å². The number of benzene rings is 1. The van der Waals surface area contributed by atoms with Crippen molar-refractivity contribution in [2.75, 3.05) is 5.32 Å². The molecule has 0 aliphatic carbocycles. The van der Waals surface area contributed by atoms with Gasteiger partial charge in [-0.3, -0.25) is 14.4 Å². The van der Waals surface area contributed by atoms with Crippen molar-refractivity contribution >= 4 is 23.5 Å². The van der Waals surface area contributed by atoms with Crippen LogP contribution < -0.4 is 16.2 Å². The number of aromatic nitrogens is 4. The molecule has 0 fully saturated rings. The molecule has 1 aromatic carbocycles. The fraction of sp³-hybridized carbons (Fsp3) is 0.273. The molecular weight excluding hydrogens is 428 g/mol. The average molecular weight is 454 g/mol. The molecule has 11 nitrogen and oxygen atoms in total. The lowest BCUT2D eigenvalue weighted by Gasteiger charge is -2.19. The van der Waals surface area contributed by atoms with E-state index in [1.54, 1.807) is 43.0 Å². The van der Waals surface area contributed by atoms with E-state index < -0.39 is 23.1 Å². The summed E-state index contributed by atoms with van der Waals surface area (Å²) in [7, 11) is 0. The molecular formula is C22H26N6O5. The van der Waals surface area contributed by atoms with Gasteiger partial charge in [-0.1, -0.05) is 13.8 Å². The van der Waals surface area contributed by atoms with Crippen molar-refractivity contribution in [1.82, 2.24) is 25.3 Å². The molecule has 0 spiro atoms. The Kier molecular flexibility index (Phi) is 9.04. The molecule has 3 rings (SSSR count). The predicted molar refractivity (Wildman–Crippen MR) is 122 cm³/mol. The summed E-state index contributed by atoms with van der Waals surface area (Å²) in [4.78, 5) is 59.2. The predicted octanol–water partition coefficient (Wildman–Crippen LogP) is 2.03. The molecule has 11 heteroatoms. The number of hydrogen-bond acceptors (Lipinski definition) is 6. The van der Waals surface area contributed by atoms with Crippen LogP contribution in [0, 0.1) is 5.92 Å². The zero-order valence-corrected chi connectivity index (χ0v) is 18.5. The molecule has 0 radical (unpaired) electrons. The second kappa shape index (κ2) is 11.9. The Morgan fingerprint density at radius 1 is 1.15 bits per heavy atom. The highest BCUT2D eigenvalue weighted by atomic mass is 16.4. The van der Waals surface area contributed by atoms with Gasteiger partial charge in [0.2, 0.25) is 11.8 Å². The molecule has 2 amide bonds. The Morgan fingerprint density at radius 3 is 2.30 bits per heavy atom. The number of H-pyrrole nitrogens is 2. The molecule has 5 N–H and O–H groups in total. The largest absolute Gasteiger partial charge is 0.477 e. The number of anilines is 1. The molecule has 1 atom stereocenters. The van der Waals surface area contributed by atoms with E-state index in [1.807, 2.05) is 13.8 Å². The first-order valence-electron chi connectivity index (χ1n) is 10.1. The fourth-order valence-electron chi connectivity index (χ4n) is 2.80. The first-order valence-corrected chi connectivity index (χ1v) is 10.1. The first kappa shape index (κ1) is 25.0. The van der Waals surface area contributed by atoms with Gasteiger partial charge in [0.1, 0.15) is 17.4 Å². The molecule has 0 saturated heterocycles. The smallest absolute Gasteiger partial charge is 0.342 e. The van der Waals surface area contributed by atoms with Crippen LogP contribution in [0.1, 0.15) is 37.6 Å². The molecule has 2 aromatic heterocycles. The fourth-order valence-corrected chi connectivity index (χ4v) is 2.80. The second-order valence-electron chi connectivity index (χ2n) is 7.49. The molecule has 1 unspecified atom stereocenters. The average Bonchev–Trinajstić information content (AvgIpc) is 3.33. The van der Waals surface area contributed by atoms with Crippen molar-refractivity contribution in [1.29, 1.82) is 0 Å². The van der Waals surface area contributed by atoms with Crippen molar-refractivity contribution in [2.24, 2.45) is 5.92 Å². The van der Waals surface area contributed by atoms with Gasteiger partial charge in [-0.05, 0) is 36.6 Å². The summed E-state index contributed by atoms with van der Waals surface area (Å²) in [5.41, 5.74) is -0.131. The number of hydrogen-bond donors (Lipinski definition) is 5. The van der Waals surface area contributed by atoms with Crippen molar-refractivity contribution in [2.45, 2.75) is 33.2 Å². The highest BCUT2D eigenvalue weighted by molar-refractivity contribution is 5.97. The molecule has 0 saturated carbocycles. The van der Waals surface area contributed by atoms with Gasteiger partial charge in [-0.2, -0.15) is 0 Å². The van der Waals surface area contributed by atoms with Crippen molar-refractivity contribution in [3.63, 3.8) is 0 Å². The van der Waals surface area contributed by atoms with Crippen LogP contribution in [0.15, 0.2) is 54.0 Å². The molecule has 33 heavy (non-hydrogen) atoms. The van der Waals surface area contributed by atoms with Crippen molar-refractivity contribution < 1.29 is 19.5 Å². The van der Waals surface area contributed by atoms with Crippen LogP contribution in [0.3, 0.4) is 0 Å². The second-order valence-corrected chi connectivity index (χ2v) is 7.49. The summed E-state index contributed by atoms with van der Waals surface area (Å²) < 4.78 is 0. The number of imidazole rings is 1. The van der Waals surface area contributed by atoms with E-state index in [1.165, 1.54) is 6.92 Å². The normalized spacial score (nSPS) is 11.2. The van der Waals surface area contributed by atoms with E-state index in [-0.39, 0.29) is 23.6 Å². The zero-order chi connectivity index (χ0) is 24.4. The maximum atomic E-state index is 12.4. The van der Waals surface area contributed by atoms with Crippen LogP contribution in [0.25, 0.3) is 11.4 Å². The van der Waals surface area contributed by atoms with Crippen molar-refractivity contribution in [3.05, 3.63) is 65.1 Å². The van der Waals surface area contributed by atoms with E-state index in [4.69, 9.17) is 5.11 Å². The summed E-state index contributed by atoms with van der Waals surface area (Å²) in [6.07, 6.45) is 6.58. The Labute approximate surface area is 189 Å². The first-order chi connectivity index (χ1) is 15.7. The summed E-state index contributed by atoms with van der Waals surface area (Å²) in [6.45, 7) is 5.28. The van der Waals surface area contributed by atoms with Crippen LogP contribution in [0.2, 0.25) is 0 Å². The lowest BCUT2D eigenvalue weighted by Crippen LogP contribution is -2.43. The third-order valence-corrected chi connectivity index (χ3v) is 4.26. The van der Waals surface area contributed by atoms with Gasteiger partial charge in [-0.15, -0.1) is 0 Å². The minimum Gasteiger partial charge on any atom is -0.477 e. The Balaban J connectivity index is 0.000000678. The van der Waals surface area contributed by atoms with E-state index >= 15 is 0 Å². The number of carboxylic acids is 1. The van der Waals surface area contributed by atoms with E-state index in [0.717, 1.165) is 6.20 Å². The van der Waals surface area contributed by atoms with Gasteiger partial charge < -0.3 is 25.7 Å². The summed E-state index contributed by atoms with van der Waals surface area (Å²) >= 11 is 0. The summed E-state index contributed by atoms with van der Waals surface area (Å²) in [6, 6.07) is 5.87. The van der Waals surface area contributed by atoms with E-state index in [0.29, 0.717) is 17.7 Å². The Morgan fingerprint density at radius 2 is 1.85 bits per heavy atom. The van der Waals surface area contributed by atoms with Gasteiger partial charge in [0.05, 0.1) is 6.33 Å². The molecule has 0 aliphatic rings. The number of nitrogens with zero attached hydrogens (tertiary/aromatic N) is 2. The Hall–Kier alpha value is -4.28. The van der Waals surface area contributed by atoms with Gasteiger partial charge in [0.15, 0.2) is 0 Å². The van der Waals surface area contributed by atoms with Crippen LogP contribution >= 0.6 is 0 Å². The van der Waals surface area contributed by atoms with Gasteiger partial charge in [0.25, 0.3) is 5.56 Å². The number of carbonyl (C=O) groups is 3. The summed E-state index contributed by atoms with van der Waals surface area (Å²) in [5.74, 6) is -1.52. The minimum atomic E-state index is -1.35. The van der Waals surface area contributed by atoms with Crippen LogP contribution in [-0.4, -0.2) is 48.9 Å². The summed E-state index contributed by atoms with van der Waals surface area (Å²) in [5, 5.41) is 14.3. The third-order valence-electron chi connectivity index (χ3n) is 4.26. The number of aromatic carboxylic acids is 1. The SMILES string of the molecule is CC(=O)NC(CC(C)C)C(=O)Nc1ccc(-c2ncc(C(=O)O)c(=O)[nH]2)cc1.c1c[nH]cn1. The topological polar surface area (TPSA) is 170 Å². The third kappa shape index (κ3) is 8.05. The maximum Gasteiger partial charge on any atom is 0.342 e. The van der Waals surface area contributed by atoms with Gasteiger partial charge in [-0.25, -0.2) is 14.8 Å². The van der Waals surface area contributed by atoms with E-state index in [9.17, 15) is 19.2 Å². The highest BCUT2D eigenvalue weighted by Gasteiger charge is 2.20. The number of rotatable bonds is 7. The highest BCUT2D eigenvalue weighted by Crippen LogP contribution is 2.18. The molecule has 0 aliphatic heterocycles. The number of aromatic amines is 2. The molecule has 3 aromatic rings. The molecule has 2 heterocycles. The van der Waals surface area contributed by atoms with Crippen LogP contribution in [0.4, 0.5) is 5.69 Å². The standard InChI is InChI=1S/C19H22N4O5.C3H4N2/c1-10(2)8-15(21-11(3)24)18(26)22-13-6-4-12(5-7-13)16-20-9-14(19(27)28)17(25)23-16;1-2-5-3-4-1/h4-7,9-10,15H,8H2,1-3H3,(H,21,24)(H,22,26)(H,27,28)(H,20,23,25);1-3H,(H,4,5). The quantitative estimate of drug-likeness (QED) is 0.363. The van der Waals surface area contributed by atoms with E-state index in [2.05, 4.69) is 30.6 Å².